The summed E-state index contributed by atoms with van der Waals surface area (Å²) in [6.45, 7) is 1.96. The highest BCUT2D eigenvalue weighted by atomic mass is 16.2. The molecule has 2 amide bonds. The SMILES string of the molecule is CC(NC(=O)c1ccccc1)C(=O)N(C)Cc1ncn[nH]1. The third-order valence-electron chi connectivity index (χ3n) is 2.98. The third kappa shape index (κ3) is 3.88. The Hall–Kier alpha value is -2.70. The first-order valence-electron chi connectivity index (χ1n) is 6.53. The van der Waals surface area contributed by atoms with Crippen LogP contribution in [0.3, 0.4) is 0 Å². The topological polar surface area (TPSA) is 91.0 Å². The lowest BCUT2D eigenvalue weighted by Crippen LogP contribution is -2.45. The summed E-state index contributed by atoms with van der Waals surface area (Å²) in [5, 5.41) is 9.09. The molecule has 2 aromatic rings. The first-order valence-corrected chi connectivity index (χ1v) is 6.53. The van der Waals surface area contributed by atoms with Crippen molar-refractivity contribution in [3.05, 3.63) is 48.0 Å². The van der Waals surface area contributed by atoms with Gasteiger partial charge >= 0.3 is 0 Å². The number of amides is 2. The van der Waals surface area contributed by atoms with Gasteiger partial charge in [0, 0.05) is 12.6 Å². The van der Waals surface area contributed by atoms with Crippen LogP contribution in [0.15, 0.2) is 36.7 Å². The van der Waals surface area contributed by atoms with Crippen LogP contribution >= 0.6 is 0 Å². The van der Waals surface area contributed by atoms with Crippen LogP contribution in [-0.2, 0) is 11.3 Å². The Kier molecular flexibility index (Phi) is 4.65. The van der Waals surface area contributed by atoms with E-state index in [-0.39, 0.29) is 11.8 Å². The van der Waals surface area contributed by atoms with E-state index in [1.54, 1.807) is 38.2 Å². The predicted molar refractivity (Wildman–Crippen MR) is 76.2 cm³/mol. The maximum Gasteiger partial charge on any atom is 0.251 e. The van der Waals surface area contributed by atoms with Crippen LogP contribution in [-0.4, -0.2) is 45.0 Å². The number of hydrogen-bond donors (Lipinski definition) is 2. The zero-order valence-corrected chi connectivity index (χ0v) is 11.9. The molecular weight excluding hydrogens is 270 g/mol. The lowest BCUT2D eigenvalue weighted by Gasteiger charge is -2.21. The number of aromatic nitrogens is 3. The van der Waals surface area contributed by atoms with Gasteiger partial charge in [-0.2, -0.15) is 5.10 Å². The minimum absolute atomic E-state index is 0.198. The second kappa shape index (κ2) is 6.65. The fourth-order valence-corrected chi connectivity index (χ4v) is 1.87. The molecule has 0 fully saturated rings. The molecule has 7 heteroatoms. The summed E-state index contributed by atoms with van der Waals surface area (Å²) in [6, 6.07) is 8.16. The quantitative estimate of drug-likeness (QED) is 0.841. The maximum absolute atomic E-state index is 12.2. The van der Waals surface area contributed by atoms with Gasteiger partial charge in [0.25, 0.3) is 5.91 Å². The fraction of sp³-hybridized carbons (Fsp3) is 0.286. The third-order valence-corrected chi connectivity index (χ3v) is 2.98. The Balaban J connectivity index is 1.91. The predicted octanol–water partition coefficient (Wildman–Crippen LogP) is 0.582. The lowest BCUT2D eigenvalue weighted by molar-refractivity contribution is -0.132. The van der Waals surface area contributed by atoms with Gasteiger partial charge in [0.1, 0.15) is 18.2 Å². The molecule has 110 valence electrons. The summed E-state index contributed by atoms with van der Waals surface area (Å²) >= 11 is 0. The van der Waals surface area contributed by atoms with Crippen molar-refractivity contribution in [2.75, 3.05) is 7.05 Å². The second-order valence-corrected chi connectivity index (χ2v) is 4.69. The van der Waals surface area contributed by atoms with Crippen molar-refractivity contribution in [2.45, 2.75) is 19.5 Å². The van der Waals surface area contributed by atoms with Crippen molar-refractivity contribution in [2.24, 2.45) is 0 Å². The minimum Gasteiger partial charge on any atom is -0.341 e. The van der Waals surface area contributed by atoms with Crippen LogP contribution in [0.1, 0.15) is 23.1 Å². The fourth-order valence-electron chi connectivity index (χ4n) is 1.87. The van der Waals surface area contributed by atoms with E-state index in [1.165, 1.54) is 11.2 Å². The molecule has 0 bridgehead atoms. The summed E-state index contributed by atoms with van der Waals surface area (Å²) in [5.41, 5.74) is 0.523. The largest absolute Gasteiger partial charge is 0.341 e. The van der Waals surface area contributed by atoms with E-state index < -0.39 is 6.04 Å². The van der Waals surface area contributed by atoms with Crippen molar-refractivity contribution in [3.8, 4) is 0 Å². The molecule has 2 N–H and O–H groups in total. The second-order valence-electron chi connectivity index (χ2n) is 4.69. The summed E-state index contributed by atoms with van der Waals surface area (Å²) in [4.78, 5) is 29.6. The molecule has 0 spiro atoms. The molecule has 21 heavy (non-hydrogen) atoms. The zero-order chi connectivity index (χ0) is 15.2. The van der Waals surface area contributed by atoms with E-state index in [0.717, 1.165) is 0 Å². The van der Waals surface area contributed by atoms with E-state index >= 15 is 0 Å². The van der Waals surface area contributed by atoms with E-state index in [1.807, 2.05) is 6.07 Å². The Morgan fingerprint density at radius 3 is 2.67 bits per heavy atom. The number of nitrogens with one attached hydrogen (secondary N) is 2. The summed E-state index contributed by atoms with van der Waals surface area (Å²) in [5.74, 6) is 0.118. The number of nitrogens with zero attached hydrogens (tertiary/aromatic N) is 3. The summed E-state index contributed by atoms with van der Waals surface area (Å²) in [7, 11) is 1.65. The molecule has 0 aliphatic carbocycles. The van der Waals surface area contributed by atoms with Crippen molar-refractivity contribution in [1.29, 1.82) is 0 Å². The maximum atomic E-state index is 12.2. The van der Waals surface area contributed by atoms with E-state index in [0.29, 0.717) is 17.9 Å². The van der Waals surface area contributed by atoms with Crippen LogP contribution in [0, 0.1) is 0 Å². The molecule has 1 unspecified atom stereocenters. The normalized spacial score (nSPS) is 11.7. The van der Waals surface area contributed by atoms with E-state index in [4.69, 9.17) is 0 Å². The first kappa shape index (κ1) is 14.7. The van der Waals surface area contributed by atoms with Gasteiger partial charge in [-0.3, -0.25) is 14.7 Å². The molecule has 1 aromatic heterocycles. The zero-order valence-electron chi connectivity index (χ0n) is 11.9. The molecular formula is C14H17N5O2. The first-order chi connectivity index (χ1) is 10.1. The average Bonchev–Trinajstić information content (AvgIpc) is 3.00. The summed E-state index contributed by atoms with van der Waals surface area (Å²) < 4.78 is 0. The monoisotopic (exact) mass is 287 g/mol. The highest BCUT2D eigenvalue weighted by Crippen LogP contribution is 2.02. The van der Waals surface area contributed by atoms with Gasteiger partial charge in [-0.25, -0.2) is 4.98 Å². The van der Waals surface area contributed by atoms with Crippen LogP contribution in [0.25, 0.3) is 0 Å². The van der Waals surface area contributed by atoms with Crippen LogP contribution in [0.2, 0.25) is 0 Å². The van der Waals surface area contributed by atoms with Gasteiger partial charge in [0.15, 0.2) is 0 Å². The lowest BCUT2D eigenvalue weighted by atomic mass is 10.2. The number of aromatic amines is 1. The van der Waals surface area contributed by atoms with E-state index in [9.17, 15) is 9.59 Å². The number of benzene rings is 1. The molecule has 1 atom stereocenters. The molecule has 0 saturated heterocycles. The number of carbonyl (C=O) groups is 2. The number of H-pyrrole nitrogens is 1. The van der Waals surface area contributed by atoms with Gasteiger partial charge in [-0.1, -0.05) is 18.2 Å². The van der Waals surface area contributed by atoms with Gasteiger partial charge in [-0.05, 0) is 19.1 Å². The highest BCUT2D eigenvalue weighted by Gasteiger charge is 2.20. The van der Waals surface area contributed by atoms with Crippen LogP contribution in [0.5, 0.6) is 0 Å². The molecule has 0 aliphatic rings. The molecule has 0 saturated carbocycles. The molecule has 1 heterocycles. The van der Waals surface area contributed by atoms with Gasteiger partial charge in [0.2, 0.25) is 5.91 Å². The Labute approximate surface area is 122 Å². The smallest absolute Gasteiger partial charge is 0.251 e. The van der Waals surface area contributed by atoms with Crippen LogP contribution in [0.4, 0.5) is 0 Å². The molecule has 2 rings (SSSR count). The molecule has 1 aromatic carbocycles. The Morgan fingerprint density at radius 1 is 1.33 bits per heavy atom. The standard InChI is InChI=1S/C14H17N5O2/c1-10(17-13(20)11-6-4-3-5-7-11)14(21)19(2)8-12-15-9-16-18-12/h3-7,9-10H,8H2,1-2H3,(H,17,20)(H,15,16,18). The Morgan fingerprint density at radius 2 is 2.05 bits per heavy atom. The number of likely N-dealkylation sites (N-methyl/N-ethyl adjacent to an activating group) is 1. The van der Waals surface area contributed by atoms with Crippen molar-refractivity contribution >= 4 is 11.8 Å². The molecule has 0 radical (unpaired) electrons. The number of hydrogen-bond acceptors (Lipinski definition) is 4. The number of carbonyl (C=O) groups excluding carboxylic acids is 2. The highest BCUT2D eigenvalue weighted by molar-refractivity contribution is 5.97. The van der Waals surface area contributed by atoms with Crippen molar-refractivity contribution in [1.82, 2.24) is 25.4 Å². The average molecular weight is 287 g/mol. The number of rotatable bonds is 5. The van der Waals surface area contributed by atoms with Gasteiger partial charge in [-0.15, -0.1) is 0 Å². The minimum atomic E-state index is -0.620. The van der Waals surface area contributed by atoms with Crippen LogP contribution < -0.4 is 5.32 Å². The van der Waals surface area contributed by atoms with Gasteiger partial charge < -0.3 is 10.2 Å². The van der Waals surface area contributed by atoms with Crippen molar-refractivity contribution in [3.63, 3.8) is 0 Å². The molecule has 7 nitrogen and oxygen atoms in total. The van der Waals surface area contributed by atoms with E-state index in [2.05, 4.69) is 20.5 Å². The Bertz CT molecular complexity index is 597. The van der Waals surface area contributed by atoms with Crippen molar-refractivity contribution < 1.29 is 9.59 Å². The van der Waals surface area contributed by atoms with Gasteiger partial charge in [0.05, 0.1) is 6.54 Å². The summed E-state index contributed by atoms with van der Waals surface area (Å²) in [6.07, 6.45) is 1.38. The molecule has 0 aliphatic heterocycles.